The number of rotatable bonds is 3. The number of aromatic carboxylic acids is 1. The largest absolute Gasteiger partial charge is 0.478 e. The maximum absolute atomic E-state index is 12.4. The van der Waals surface area contributed by atoms with Crippen LogP contribution in [-0.4, -0.2) is 22.6 Å². The first-order valence-electron chi connectivity index (χ1n) is 6.67. The highest BCUT2D eigenvalue weighted by molar-refractivity contribution is 6.34. The van der Waals surface area contributed by atoms with E-state index in [1.807, 2.05) is 0 Å². The number of carbonyl (C=O) groups excluding carboxylic acids is 2. The molecule has 114 valence electrons. The van der Waals surface area contributed by atoms with Gasteiger partial charge in [0.25, 0.3) is 0 Å². The van der Waals surface area contributed by atoms with Crippen LogP contribution in [0.25, 0.3) is 0 Å². The number of carbonyl (C=O) groups is 3. The average molecular weight is 328 g/mol. The zero-order valence-electron chi connectivity index (χ0n) is 11.7. The van der Waals surface area contributed by atoms with Crippen LogP contribution in [0, 0.1) is 0 Å². The highest BCUT2D eigenvalue weighted by Gasteiger charge is 2.25. The average Bonchev–Trinajstić information content (AvgIpc) is 2.54. The van der Waals surface area contributed by atoms with E-state index in [-0.39, 0.29) is 27.8 Å². The van der Waals surface area contributed by atoms with Gasteiger partial charge < -0.3 is 10.4 Å². The summed E-state index contributed by atoms with van der Waals surface area (Å²) in [5.41, 5.74) is 1.16. The fourth-order valence-corrected chi connectivity index (χ4v) is 2.53. The van der Waals surface area contributed by atoms with Crippen LogP contribution in [0.1, 0.15) is 31.1 Å². The summed E-state index contributed by atoms with van der Waals surface area (Å²) in [5, 5.41) is 11.9. The molecule has 0 saturated carbocycles. The van der Waals surface area contributed by atoms with Gasteiger partial charge in [0.15, 0.2) is 5.78 Å². The van der Waals surface area contributed by atoms with E-state index in [0.717, 1.165) is 0 Å². The number of nitrogens with one attached hydrogen (secondary N) is 1. The third-order valence-electron chi connectivity index (χ3n) is 3.44. The van der Waals surface area contributed by atoms with Crippen molar-refractivity contribution in [1.29, 1.82) is 0 Å². The normalized spacial score (nSPS) is 13.3. The second-order valence-corrected chi connectivity index (χ2v) is 5.33. The Balaban J connectivity index is 1.94. The van der Waals surface area contributed by atoms with Crippen molar-refractivity contribution in [1.82, 2.24) is 0 Å². The number of carboxylic acids is 1. The van der Waals surface area contributed by atoms with Crippen molar-refractivity contribution in [3.63, 3.8) is 0 Å². The van der Waals surface area contributed by atoms with Crippen LogP contribution in [0.4, 0.5) is 5.69 Å². The number of hydrogen-bond donors (Lipinski definition) is 2. The molecule has 2 aromatic carbocycles. The van der Waals surface area contributed by atoms with Gasteiger partial charge in [-0.05, 0) is 18.2 Å². The number of allylic oxidation sites excluding steroid dienone is 2. The minimum absolute atomic E-state index is 0.0333. The Kier molecular flexibility index (Phi) is 3.72. The third kappa shape index (κ3) is 2.74. The number of benzene rings is 2. The summed E-state index contributed by atoms with van der Waals surface area (Å²) in [6.07, 6.45) is 1.21. The van der Waals surface area contributed by atoms with Crippen LogP contribution in [0.2, 0.25) is 5.02 Å². The molecule has 1 aliphatic carbocycles. The summed E-state index contributed by atoms with van der Waals surface area (Å²) < 4.78 is 0. The van der Waals surface area contributed by atoms with Crippen molar-refractivity contribution in [2.75, 3.05) is 5.32 Å². The number of ketones is 2. The molecule has 2 aromatic rings. The molecule has 23 heavy (non-hydrogen) atoms. The van der Waals surface area contributed by atoms with Gasteiger partial charge in [0.2, 0.25) is 5.78 Å². The van der Waals surface area contributed by atoms with Crippen LogP contribution >= 0.6 is 11.6 Å². The second kappa shape index (κ2) is 5.70. The highest BCUT2D eigenvalue weighted by Crippen LogP contribution is 2.27. The lowest BCUT2D eigenvalue weighted by Crippen LogP contribution is -2.21. The van der Waals surface area contributed by atoms with Crippen LogP contribution < -0.4 is 5.32 Å². The van der Waals surface area contributed by atoms with E-state index < -0.39 is 5.97 Å². The molecule has 3 rings (SSSR count). The molecule has 0 fully saturated rings. The van der Waals surface area contributed by atoms with Gasteiger partial charge in [-0.25, -0.2) is 4.79 Å². The zero-order valence-corrected chi connectivity index (χ0v) is 12.4. The predicted molar refractivity (Wildman–Crippen MR) is 85.2 cm³/mol. The molecule has 0 saturated heterocycles. The predicted octanol–water partition coefficient (Wildman–Crippen LogP) is 3.41. The number of halogens is 1. The Labute approximate surface area is 136 Å². The zero-order chi connectivity index (χ0) is 16.6. The lowest BCUT2D eigenvalue weighted by Gasteiger charge is -2.17. The molecule has 0 aliphatic heterocycles. The van der Waals surface area contributed by atoms with Crippen LogP contribution in [0.15, 0.2) is 54.2 Å². The van der Waals surface area contributed by atoms with Crippen LogP contribution in [-0.2, 0) is 0 Å². The molecule has 0 radical (unpaired) electrons. The highest BCUT2D eigenvalue weighted by atomic mass is 35.5. The molecule has 5 nitrogen and oxygen atoms in total. The lowest BCUT2D eigenvalue weighted by atomic mass is 9.92. The Morgan fingerprint density at radius 2 is 1.74 bits per heavy atom. The van der Waals surface area contributed by atoms with E-state index in [2.05, 4.69) is 5.32 Å². The molecular formula is C17H10ClNO4. The first-order valence-corrected chi connectivity index (χ1v) is 7.05. The topological polar surface area (TPSA) is 83.5 Å². The van der Waals surface area contributed by atoms with E-state index in [1.54, 1.807) is 24.3 Å². The first kappa shape index (κ1) is 15.0. The number of carboxylic acid groups (broad SMARTS) is 1. The van der Waals surface area contributed by atoms with E-state index in [0.29, 0.717) is 16.8 Å². The van der Waals surface area contributed by atoms with E-state index in [9.17, 15) is 14.4 Å². The lowest BCUT2D eigenvalue weighted by molar-refractivity contribution is 0.0696. The summed E-state index contributed by atoms with van der Waals surface area (Å²) in [7, 11) is 0. The summed E-state index contributed by atoms with van der Waals surface area (Å²) in [6.45, 7) is 0. The molecule has 0 bridgehead atoms. The number of Topliss-reactive ketones (excluding diaryl/α,β-unsaturated/α-hetero) is 1. The van der Waals surface area contributed by atoms with Gasteiger partial charge in [-0.3, -0.25) is 9.59 Å². The summed E-state index contributed by atoms with van der Waals surface area (Å²) >= 11 is 6.03. The van der Waals surface area contributed by atoms with Gasteiger partial charge in [0, 0.05) is 17.2 Å². The van der Waals surface area contributed by atoms with Gasteiger partial charge in [-0.1, -0.05) is 35.9 Å². The van der Waals surface area contributed by atoms with Crippen LogP contribution in [0.5, 0.6) is 0 Å². The minimum Gasteiger partial charge on any atom is -0.478 e. The molecule has 2 N–H and O–H groups in total. The van der Waals surface area contributed by atoms with Crippen molar-refractivity contribution < 1.29 is 19.5 Å². The van der Waals surface area contributed by atoms with Gasteiger partial charge in [-0.15, -0.1) is 0 Å². The number of hydrogen-bond acceptors (Lipinski definition) is 4. The Morgan fingerprint density at radius 3 is 2.39 bits per heavy atom. The minimum atomic E-state index is -1.10. The molecule has 0 unspecified atom stereocenters. The van der Waals surface area contributed by atoms with Crippen molar-refractivity contribution in [3.8, 4) is 0 Å². The monoisotopic (exact) mass is 327 g/mol. The molecular weight excluding hydrogens is 318 g/mol. The molecule has 0 aromatic heterocycles. The maximum Gasteiger partial charge on any atom is 0.335 e. The Bertz CT molecular complexity index is 886. The fourth-order valence-electron chi connectivity index (χ4n) is 2.30. The van der Waals surface area contributed by atoms with Gasteiger partial charge in [-0.2, -0.15) is 0 Å². The SMILES string of the molecule is O=C(O)c1ccc(NC2=CC(=O)c3ccccc3C2=O)c(Cl)c1. The van der Waals surface area contributed by atoms with Crippen LogP contribution in [0.3, 0.4) is 0 Å². The summed E-state index contributed by atoms with van der Waals surface area (Å²) in [4.78, 5) is 35.4. The van der Waals surface area contributed by atoms with Crippen molar-refractivity contribution in [3.05, 3.63) is 76.0 Å². The molecule has 0 amide bonds. The van der Waals surface area contributed by atoms with E-state index >= 15 is 0 Å². The van der Waals surface area contributed by atoms with E-state index in [4.69, 9.17) is 16.7 Å². The summed E-state index contributed by atoms with van der Waals surface area (Å²) in [6, 6.07) is 10.6. The molecule has 0 spiro atoms. The van der Waals surface area contributed by atoms with E-state index in [1.165, 1.54) is 24.3 Å². The van der Waals surface area contributed by atoms with Gasteiger partial charge in [0.05, 0.1) is 22.0 Å². The maximum atomic E-state index is 12.4. The molecule has 0 atom stereocenters. The molecule has 1 aliphatic rings. The molecule has 0 heterocycles. The summed E-state index contributed by atoms with van der Waals surface area (Å²) in [5.74, 6) is -1.70. The van der Waals surface area contributed by atoms with Gasteiger partial charge in [0.1, 0.15) is 0 Å². The number of anilines is 1. The Hall–Kier alpha value is -2.92. The number of fused-ring (bicyclic) bond motifs is 1. The first-order chi connectivity index (χ1) is 11.0. The van der Waals surface area contributed by atoms with Crippen molar-refractivity contribution >= 4 is 34.8 Å². The smallest absolute Gasteiger partial charge is 0.335 e. The second-order valence-electron chi connectivity index (χ2n) is 4.92. The quantitative estimate of drug-likeness (QED) is 0.902. The fraction of sp³-hybridized carbons (Fsp3) is 0. The third-order valence-corrected chi connectivity index (χ3v) is 3.76. The van der Waals surface area contributed by atoms with Crippen molar-refractivity contribution in [2.24, 2.45) is 0 Å². The molecule has 6 heteroatoms. The standard InChI is InChI=1S/C17H10ClNO4/c18-12-7-9(17(22)23)5-6-13(12)19-14-8-15(20)10-3-1-2-4-11(10)16(14)21/h1-8,19H,(H,22,23). The Morgan fingerprint density at radius 1 is 1.04 bits per heavy atom. The van der Waals surface area contributed by atoms with Crippen molar-refractivity contribution in [2.45, 2.75) is 0 Å². The van der Waals surface area contributed by atoms with Gasteiger partial charge >= 0.3 is 5.97 Å².